The lowest BCUT2D eigenvalue weighted by Crippen LogP contribution is -2.22. The fraction of sp³-hybridized carbons (Fsp3) is 0.462. The fourth-order valence-corrected chi connectivity index (χ4v) is 1.56. The number of hydrogen-bond acceptors (Lipinski definition) is 4. The van der Waals surface area contributed by atoms with Crippen LogP contribution in [0.2, 0.25) is 0 Å². The largest absolute Gasteiger partial charge is 0.495 e. The van der Waals surface area contributed by atoms with Gasteiger partial charge in [-0.25, -0.2) is 4.79 Å². The van der Waals surface area contributed by atoms with Crippen LogP contribution in [0.25, 0.3) is 0 Å². The number of methoxy groups -OCH3 is 1. The van der Waals surface area contributed by atoms with E-state index in [4.69, 9.17) is 14.6 Å². The van der Waals surface area contributed by atoms with Gasteiger partial charge in [-0.1, -0.05) is 0 Å². The number of hydrogen-bond donors (Lipinski definition) is 2. The van der Waals surface area contributed by atoms with Crippen molar-refractivity contribution in [3.8, 4) is 5.75 Å². The predicted molar refractivity (Wildman–Crippen MR) is 69.5 cm³/mol. The zero-order valence-electron chi connectivity index (χ0n) is 10.9. The smallest absolute Gasteiger partial charge is 0.335 e. The van der Waals surface area contributed by atoms with Crippen LogP contribution in [-0.2, 0) is 4.74 Å². The first kappa shape index (κ1) is 14.3. The zero-order valence-corrected chi connectivity index (χ0v) is 10.9. The zero-order chi connectivity index (χ0) is 13.5. The Bertz CT molecular complexity index is 406. The Kier molecular flexibility index (Phi) is 5.45. The van der Waals surface area contributed by atoms with Gasteiger partial charge >= 0.3 is 5.97 Å². The molecule has 0 bridgehead atoms. The molecule has 5 nitrogen and oxygen atoms in total. The molecule has 0 aliphatic heterocycles. The second-order valence-corrected chi connectivity index (χ2v) is 3.93. The van der Waals surface area contributed by atoms with E-state index in [2.05, 4.69) is 5.32 Å². The summed E-state index contributed by atoms with van der Waals surface area (Å²) >= 11 is 0. The SMILES string of the molecule is CCOCC(C)Nc1cc(C(=O)O)ccc1OC. The summed E-state index contributed by atoms with van der Waals surface area (Å²) in [6, 6.07) is 4.78. The molecule has 0 heterocycles. The summed E-state index contributed by atoms with van der Waals surface area (Å²) in [6.07, 6.45) is 0. The van der Waals surface area contributed by atoms with Crippen molar-refractivity contribution < 1.29 is 19.4 Å². The lowest BCUT2D eigenvalue weighted by atomic mass is 10.1. The van der Waals surface area contributed by atoms with Gasteiger partial charge in [0.05, 0.1) is 25.0 Å². The Morgan fingerprint density at radius 3 is 2.78 bits per heavy atom. The van der Waals surface area contributed by atoms with Gasteiger partial charge in [0.2, 0.25) is 0 Å². The number of aromatic carboxylic acids is 1. The number of benzene rings is 1. The summed E-state index contributed by atoms with van der Waals surface area (Å²) in [6.45, 7) is 5.09. The Morgan fingerprint density at radius 2 is 2.22 bits per heavy atom. The minimum Gasteiger partial charge on any atom is -0.495 e. The lowest BCUT2D eigenvalue weighted by molar-refractivity contribution is 0.0697. The third-order valence-corrected chi connectivity index (χ3v) is 2.42. The van der Waals surface area contributed by atoms with Gasteiger partial charge in [-0.05, 0) is 32.0 Å². The molecule has 0 aliphatic rings. The van der Waals surface area contributed by atoms with Crippen molar-refractivity contribution in [2.24, 2.45) is 0 Å². The Labute approximate surface area is 107 Å². The standard InChI is InChI=1S/C13H19NO4/c1-4-18-8-9(2)14-11-7-10(13(15)16)5-6-12(11)17-3/h5-7,9,14H,4,8H2,1-3H3,(H,15,16). The molecule has 100 valence electrons. The Balaban J connectivity index is 2.84. The number of anilines is 1. The van der Waals surface area contributed by atoms with E-state index in [-0.39, 0.29) is 11.6 Å². The Morgan fingerprint density at radius 1 is 1.50 bits per heavy atom. The molecule has 1 atom stereocenters. The van der Waals surface area contributed by atoms with E-state index in [1.165, 1.54) is 6.07 Å². The molecule has 1 aromatic carbocycles. The van der Waals surface area contributed by atoms with Gasteiger partial charge in [-0.2, -0.15) is 0 Å². The van der Waals surface area contributed by atoms with Crippen molar-refractivity contribution in [3.63, 3.8) is 0 Å². The summed E-state index contributed by atoms with van der Waals surface area (Å²) in [5.74, 6) is -0.346. The van der Waals surface area contributed by atoms with E-state index < -0.39 is 5.97 Å². The molecule has 0 saturated carbocycles. The summed E-state index contributed by atoms with van der Waals surface area (Å²) in [4.78, 5) is 10.9. The van der Waals surface area contributed by atoms with Gasteiger partial charge in [-0.3, -0.25) is 0 Å². The van der Waals surface area contributed by atoms with E-state index >= 15 is 0 Å². The van der Waals surface area contributed by atoms with E-state index in [0.29, 0.717) is 24.7 Å². The van der Waals surface area contributed by atoms with Crippen LogP contribution in [-0.4, -0.2) is 37.4 Å². The summed E-state index contributed by atoms with van der Waals surface area (Å²) in [5.41, 5.74) is 0.881. The molecular weight excluding hydrogens is 234 g/mol. The van der Waals surface area contributed by atoms with Crippen molar-refractivity contribution in [2.75, 3.05) is 25.6 Å². The highest BCUT2D eigenvalue weighted by atomic mass is 16.5. The van der Waals surface area contributed by atoms with Gasteiger partial charge < -0.3 is 19.9 Å². The molecule has 0 radical (unpaired) electrons. The number of carboxylic acids is 1. The monoisotopic (exact) mass is 253 g/mol. The van der Waals surface area contributed by atoms with Crippen LogP contribution in [0.3, 0.4) is 0 Å². The molecule has 1 aromatic rings. The lowest BCUT2D eigenvalue weighted by Gasteiger charge is -2.17. The third-order valence-electron chi connectivity index (χ3n) is 2.42. The van der Waals surface area contributed by atoms with Crippen molar-refractivity contribution in [1.29, 1.82) is 0 Å². The van der Waals surface area contributed by atoms with Crippen LogP contribution in [0.1, 0.15) is 24.2 Å². The minimum atomic E-state index is -0.960. The van der Waals surface area contributed by atoms with Crippen molar-refractivity contribution in [1.82, 2.24) is 0 Å². The van der Waals surface area contributed by atoms with Gasteiger partial charge in [0, 0.05) is 12.6 Å². The van der Waals surface area contributed by atoms with Gasteiger partial charge in [0.25, 0.3) is 0 Å². The molecule has 2 N–H and O–H groups in total. The molecule has 0 amide bonds. The highest BCUT2D eigenvalue weighted by Gasteiger charge is 2.11. The minimum absolute atomic E-state index is 0.0721. The maximum Gasteiger partial charge on any atom is 0.335 e. The molecule has 0 saturated heterocycles. The summed E-state index contributed by atoms with van der Waals surface area (Å²) < 4.78 is 10.5. The van der Waals surface area contributed by atoms with Crippen LogP contribution in [0.5, 0.6) is 5.75 Å². The number of rotatable bonds is 7. The molecule has 18 heavy (non-hydrogen) atoms. The van der Waals surface area contributed by atoms with E-state index in [0.717, 1.165) is 0 Å². The maximum atomic E-state index is 10.9. The molecule has 0 aromatic heterocycles. The number of nitrogens with one attached hydrogen (secondary N) is 1. The van der Waals surface area contributed by atoms with Gasteiger partial charge in [0.15, 0.2) is 0 Å². The second-order valence-electron chi connectivity index (χ2n) is 3.93. The first-order valence-corrected chi connectivity index (χ1v) is 5.84. The molecule has 5 heteroatoms. The maximum absolute atomic E-state index is 10.9. The number of ether oxygens (including phenoxy) is 2. The van der Waals surface area contributed by atoms with Crippen molar-refractivity contribution in [3.05, 3.63) is 23.8 Å². The van der Waals surface area contributed by atoms with E-state index in [9.17, 15) is 4.79 Å². The number of carbonyl (C=O) groups is 1. The molecule has 0 aliphatic carbocycles. The second kappa shape index (κ2) is 6.86. The predicted octanol–water partition coefficient (Wildman–Crippen LogP) is 2.23. The van der Waals surface area contributed by atoms with Crippen molar-refractivity contribution in [2.45, 2.75) is 19.9 Å². The molecule has 0 fully saturated rings. The van der Waals surface area contributed by atoms with Crippen LogP contribution < -0.4 is 10.1 Å². The molecule has 1 rings (SSSR count). The quantitative estimate of drug-likeness (QED) is 0.780. The fourth-order valence-electron chi connectivity index (χ4n) is 1.56. The molecule has 1 unspecified atom stereocenters. The average molecular weight is 253 g/mol. The van der Waals surface area contributed by atoms with Gasteiger partial charge in [0.1, 0.15) is 5.75 Å². The summed E-state index contributed by atoms with van der Waals surface area (Å²) in [7, 11) is 1.55. The Hall–Kier alpha value is -1.75. The van der Waals surface area contributed by atoms with Gasteiger partial charge in [-0.15, -0.1) is 0 Å². The average Bonchev–Trinajstić information content (AvgIpc) is 2.36. The van der Waals surface area contributed by atoms with E-state index in [1.54, 1.807) is 19.2 Å². The third kappa shape index (κ3) is 3.92. The highest BCUT2D eigenvalue weighted by Crippen LogP contribution is 2.26. The first-order chi connectivity index (χ1) is 8.58. The first-order valence-electron chi connectivity index (χ1n) is 5.84. The van der Waals surface area contributed by atoms with Crippen LogP contribution >= 0.6 is 0 Å². The van der Waals surface area contributed by atoms with E-state index in [1.807, 2.05) is 13.8 Å². The van der Waals surface area contributed by atoms with Crippen LogP contribution in [0.4, 0.5) is 5.69 Å². The van der Waals surface area contributed by atoms with Crippen LogP contribution in [0.15, 0.2) is 18.2 Å². The molecular formula is C13H19NO4. The molecule has 0 spiro atoms. The summed E-state index contributed by atoms with van der Waals surface area (Å²) in [5, 5.41) is 12.1. The normalized spacial score (nSPS) is 11.9. The number of carboxylic acid groups (broad SMARTS) is 1. The van der Waals surface area contributed by atoms with Crippen LogP contribution in [0, 0.1) is 0 Å². The highest BCUT2D eigenvalue weighted by molar-refractivity contribution is 5.89. The topological polar surface area (TPSA) is 67.8 Å². The van der Waals surface area contributed by atoms with Crippen molar-refractivity contribution >= 4 is 11.7 Å².